The molecule has 1 aromatic carbocycles. The first-order valence-corrected chi connectivity index (χ1v) is 7.93. The summed E-state index contributed by atoms with van der Waals surface area (Å²) in [6, 6.07) is 8.29. The van der Waals surface area contributed by atoms with E-state index < -0.39 is 0 Å². The Balaban J connectivity index is 2.96. The smallest absolute Gasteiger partial charge is 0.127 e. The summed E-state index contributed by atoms with van der Waals surface area (Å²) < 4.78 is 0. The second-order valence-corrected chi connectivity index (χ2v) is 6.84. The fraction of sp³-hybridized carbons (Fsp3) is 0.579. The lowest BCUT2D eigenvalue weighted by Crippen LogP contribution is -2.16. The summed E-state index contributed by atoms with van der Waals surface area (Å²) in [5.41, 5.74) is 2.40. The third-order valence-electron chi connectivity index (χ3n) is 4.14. The summed E-state index contributed by atoms with van der Waals surface area (Å²) in [5.74, 6) is -0.0452. The summed E-state index contributed by atoms with van der Waals surface area (Å²) in [5, 5.41) is 0. The summed E-state index contributed by atoms with van der Waals surface area (Å²) >= 11 is 0. The van der Waals surface area contributed by atoms with E-state index in [1.807, 2.05) is 12.1 Å². The molecular formula is C19H28O2. The Labute approximate surface area is 128 Å². The van der Waals surface area contributed by atoms with Crippen molar-refractivity contribution >= 4 is 12.6 Å². The minimum atomic E-state index is -0.171. The molecule has 0 N–H and O–H groups in total. The first-order valence-electron chi connectivity index (χ1n) is 7.93. The van der Waals surface area contributed by atoms with Crippen LogP contribution in [0.3, 0.4) is 0 Å². The van der Waals surface area contributed by atoms with E-state index in [-0.39, 0.29) is 17.3 Å². The first kappa shape index (κ1) is 17.6. The zero-order valence-electron chi connectivity index (χ0n) is 13.8. The number of carbonyl (C=O) groups excluding carboxylic acids is 2. The lowest BCUT2D eigenvalue weighted by Gasteiger charge is -2.23. The minimum absolute atomic E-state index is 0.111. The van der Waals surface area contributed by atoms with Crippen molar-refractivity contribution in [2.75, 3.05) is 0 Å². The average Bonchev–Trinajstić information content (AvgIpc) is 2.45. The van der Waals surface area contributed by atoms with E-state index in [0.29, 0.717) is 6.42 Å². The van der Waals surface area contributed by atoms with Gasteiger partial charge in [-0.1, -0.05) is 64.8 Å². The molecule has 0 saturated carbocycles. The van der Waals surface area contributed by atoms with Gasteiger partial charge in [0.25, 0.3) is 0 Å². The Morgan fingerprint density at radius 2 is 1.71 bits per heavy atom. The van der Waals surface area contributed by atoms with Crippen LogP contribution < -0.4 is 0 Å². The second kappa shape index (κ2) is 8.11. The van der Waals surface area contributed by atoms with Gasteiger partial charge in [-0.15, -0.1) is 0 Å². The van der Waals surface area contributed by atoms with E-state index in [9.17, 15) is 9.59 Å². The van der Waals surface area contributed by atoms with Crippen molar-refractivity contribution in [1.82, 2.24) is 0 Å². The summed E-state index contributed by atoms with van der Waals surface area (Å²) in [6.45, 7) is 8.66. The van der Waals surface area contributed by atoms with E-state index in [2.05, 4.69) is 39.8 Å². The summed E-state index contributed by atoms with van der Waals surface area (Å²) in [7, 11) is 0. The molecule has 0 heterocycles. The fourth-order valence-corrected chi connectivity index (χ4v) is 2.70. The highest BCUT2D eigenvalue weighted by Crippen LogP contribution is 2.31. The molecule has 2 nitrogen and oxygen atoms in total. The predicted octanol–water partition coefficient (Wildman–Crippen LogP) is 4.66. The Morgan fingerprint density at radius 3 is 2.14 bits per heavy atom. The van der Waals surface area contributed by atoms with Crippen LogP contribution in [0.25, 0.3) is 0 Å². The number of carbonyl (C=O) groups is 2. The van der Waals surface area contributed by atoms with Crippen LogP contribution in [0.1, 0.15) is 70.4 Å². The van der Waals surface area contributed by atoms with Gasteiger partial charge in [0.2, 0.25) is 0 Å². The number of hydrogen-bond donors (Lipinski definition) is 0. The summed E-state index contributed by atoms with van der Waals surface area (Å²) in [4.78, 5) is 22.5. The van der Waals surface area contributed by atoms with Crippen molar-refractivity contribution in [2.45, 2.75) is 64.7 Å². The van der Waals surface area contributed by atoms with Gasteiger partial charge in [-0.2, -0.15) is 0 Å². The van der Waals surface area contributed by atoms with Crippen LogP contribution in [0, 0.1) is 5.92 Å². The maximum atomic E-state index is 11.6. The molecule has 0 spiro atoms. The topological polar surface area (TPSA) is 34.1 Å². The maximum absolute atomic E-state index is 11.6. The molecule has 2 atom stereocenters. The lowest BCUT2D eigenvalue weighted by atomic mass is 9.80. The van der Waals surface area contributed by atoms with Crippen LogP contribution in [0.5, 0.6) is 0 Å². The standard InChI is InChI=1S/C19H28O2/c1-5-6-7-15(12-13-20)18(14-21)16-8-10-17(11-9-16)19(2,3)4/h8-11,13-15,18H,5-7,12H2,1-4H3. The number of benzene rings is 1. The van der Waals surface area contributed by atoms with E-state index in [0.717, 1.165) is 37.4 Å². The van der Waals surface area contributed by atoms with Crippen LogP contribution in [0.2, 0.25) is 0 Å². The number of unbranched alkanes of at least 4 members (excludes halogenated alkanes) is 1. The highest BCUT2D eigenvalue weighted by Gasteiger charge is 2.23. The second-order valence-electron chi connectivity index (χ2n) is 6.84. The highest BCUT2D eigenvalue weighted by molar-refractivity contribution is 5.64. The van der Waals surface area contributed by atoms with Gasteiger partial charge in [-0.25, -0.2) is 0 Å². The van der Waals surface area contributed by atoms with E-state index in [4.69, 9.17) is 0 Å². The summed E-state index contributed by atoms with van der Waals surface area (Å²) in [6.07, 6.45) is 5.49. The van der Waals surface area contributed by atoms with Gasteiger partial charge in [0.05, 0.1) is 0 Å². The largest absolute Gasteiger partial charge is 0.303 e. The molecule has 0 aliphatic heterocycles. The van der Waals surface area contributed by atoms with Gasteiger partial charge in [-0.05, 0) is 28.9 Å². The molecule has 0 aliphatic carbocycles. The van der Waals surface area contributed by atoms with Crippen LogP contribution in [-0.4, -0.2) is 12.6 Å². The molecule has 0 aliphatic rings. The van der Waals surface area contributed by atoms with E-state index in [1.54, 1.807) is 0 Å². The van der Waals surface area contributed by atoms with Crippen molar-refractivity contribution in [3.63, 3.8) is 0 Å². The molecular weight excluding hydrogens is 260 g/mol. The van der Waals surface area contributed by atoms with Gasteiger partial charge in [0, 0.05) is 12.3 Å². The van der Waals surface area contributed by atoms with Crippen LogP contribution >= 0.6 is 0 Å². The van der Waals surface area contributed by atoms with Gasteiger partial charge in [0.15, 0.2) is 0 Å². The van der Waals surface area contributed by atoms with Crippen molar-refractivity contribution < 1.29 is 9.59 Å². The molecule has 0 amide bonds. The minimum Gasteiger partial charge on any atom is -0.303 e. The molecule has 1 aromatic rings. The Morgan fingerprint density at radius 1 is 1.10 bits per heavy atom. The Bertz CT molecular complexity index is 440. The number of rotatable bonds is 8. The lowest BCUT2D eigenvalue weighted by molar-refractivity contribution is -0.111. The van der Waals surface area contributed by atoms with Crippen LogP contribution in [0.15, 0.2) is 24.3 Å². The van der Waals surface area contributed by atoms with Crippen molar-refractivity contribution in [3.05, 3.63) is 35.4 Å². The van der Waals surface area contributed by atoms with Crippen LogP contribution in [0.4, 0.5) is 0 Å². The van der Waals surface area contributed by atoms with Gasteiger partial charge in [0.1, 0.15) is 12.6 Å². The molecule has 0 bridgehead atoms. The highest BCUT2D eigenvalue weighted by atomic mass is 16.1. The predicted molar refractivity (Wildman–Crippen MR) is 87.6 cm³/mol. The monoisotopic (exact) mass is 288 g/mol. The SMILES string of the molecule is CCCCC(CC=O)C(C=O)c1ccc(C(C)(C)C)cc1. The third kappa shape index (κ3) is 5.11. The first-order chi connectivity index (χ1) is 9.93. The fourth-order valence-electron chi connectivity index (χ4n) is 2.70. The van der Waals surface area contributed by atoms with Gasteiger partial charge >= 0.3 is 0 Å². The quantitative estimate of drug-likeness (QED) is 0.652. The average molecular weight is 288 g/mol. The molecule has 0 aromatic heterocycles. The Kier molecular flexibility index (Phi) is 6.80. The van der Waals surface area contributed by atoms with Crippen LogP contribution in [-0.2, 0) is 15.0 Å². The molecule has 116 valence electrons. The van der Waals surface area contributed by atoms with Crippen molar-refractivity contribution in [2.24, 2.45) is 5.92 Å². The molecule has 21 heavy (non-hydrogen) atoms. The van der Waals surface area contributed by atoms with Crippen molar-refractivity contribution in [1.29, 1.82) is 0 Å². The zero-order valence-corrected chi connectivity index (χ0v) is 13.8. The molecule has 2 unspecified atom stereocenters. The maximum Gasteiger partial charge on any atom is 0.127 e. The Hall–Kier alpha value is -1.44. The zero-order chi connectivity index (χ0) is 15.9. The normalized spacial score (nSPS) is 14.5. The number of aldehydes is 2. The molecule has 2 heteroatoms. The van der Waals surface area contributed by atoms with E-state index in [1.165, 1.54) is 5.56 Å². The molecule has 1 rings (SSSR count). The molecule has 0 fully saturated rings. The molecule has 0 radical (unpaired) electrons. The van der Waals surface area contributed by atoms with E-state index >= 15 is 0 Å². The van der Waals surface area contributed by atoms with Gasteiger partial charge < -0.3 is 9.59 Å². The van der Waals surface area contributed by atoms with Gasteiger partial charge in [-0.3, -0.25) is 0 Å². The number of hydrogen-bond acceptors (Lipinski definition) is 2. The molecule has 0 saturated heterocycles. The third-order valence-corrected chi connectivity index (χ3v) is 4.14. The van der Waals surface area contributed by atoms with Crippen molar-refractivity contribution in [3.8, 4) is 0 Å².